The molecule has 0 atom stereocenters. The summed E-state index contributed by atoms with van der Waals surface area (Å²) in [4.78, 5) is 11.2. The summed E-state index contributed by atoms with van der Waals surface area (Å²) in [6.45, 7) is 4.51. The molecule has 15 heavy (non-hydrogen) atoms. The summed E-state index contributed by atoms with van der Waals surface area (Å²) in [5.41, 5.74) is 1.11. The van der Waals surface area contributed by atoms with E-state index in [0.717, 1.165) is 17.7 Å². The molecule has 2 nitrogen and oxygen atoms in total. The molecule has 1 aromatic carbocycles. The minimum Gasteiger partial charge on any atom is -0.493 e. The van der Waals surface area contributed by atoms with Gasteiger partial charge in [-0.2, -0.15) is 0 Å². The summed E-state index contributed by atoms with van der Waals surface area (Å²) in [6.07, 6.45) is 2.10. The summed E-state index contributed by atoms with van der Waals surface area (Å²) < 4.78 is 5.53. The van der Waals surface area contributed by atoms with Crippen molar-refractivity contribution in [2.75, 3.05) is 6.61 Å². The van der Waals surface area contributed by atoms with Crippen molar-refractivity contribution in [3.05, 3.63) is 29.8 Å². The first-order valence-corrected chi connectivity index (χ1v) is 5.44. The lowest BCUT2D eigenvalue weighted by molar-refractivity contribution is -0.119. The van der Waals surface area contributed by atoms with Crippen LogP contribution in [0.1, 0.15) is 31.7 Å². The Morgan fingerprint density at radius 3 is 2.67 bits per heavy atom. The fourth-order valence-electron chi connectivity index (χ4n) is 1.40. The minimum atomic E-state index is 0.283. The Hall–Kier alpha value is -1.31. The predicted octanol–water partition coefficient (Wildman–Crippen LogP) is 3.13. The molecule has 2 heteroatoms. The Kier molecular flexibility index (Phi) is 4.88. The van der Waals surface area contributed by atoms with E-state index in [1.54, 1.807) is 0 Å². The Morgan fingerprint density at radius 1 is 1.27 bits per heavy atom. The highest BCUT2D eigenvalue weighted by molar-refractivity contribution is 5.78. The number of Topliss-reactive ketones (excluding diaryl/α,β-unsaturated/α-hetero) is 1. The van der Waals surface area contributed by atoms with Crippen LogP contribution in [0.3, 0.4) is 0 Å². The van der Waals surface area contributed by atoms with Crippen LogP contribution in [0.25, 0.3) is 0 Å². The van der Waals surface area contributed by atoms with E-state index in [9.17, 15) is 4.79 Å². The zero-order valence-electron chi connectivity index (χ0n) is 9.45. The van der Waals surface area contributed by atoms with E-state index in [1.807, 2.05) is 38.1 Å². The lowest BCUT2D eigenvalue weighted by Crippen LogP contribution is -2.06. The number of rotatable bonds is 6. The third-order valence-corrected chi connectivity index (χ3v) is 2.26. The molecule has 0 saturated heterocycles. The average molecular weight is 206 g/mol. The Labute approximate surface area is 91.3 Å². The largest absolute Gasteiger partial charge is 0.493 e. The zero-order chi connectivity index (χ0) is 11.1. The molecule has 0 bridgehead atoms. The second-order valence-electron chi connectivity index (χ2n) is 3.65. The van der Waals surface area contributed by atoms with Gasteiger partial charge in [0.05, 0.1) is 6.61 Å². The molecule has 0 N–H and O–H groups in total. The third-order valence-electron chi connectivity index (χ3n) is 2.26. The molecule has 0 saturated carbocycles. The average Bonchev–Trinajstić information content (AvgIpc) is 2.21. The lowest BCUT2D eigenvalue weighted by atomic mass is 10.2. The minimum absolute atomic E-state index is 0.283. The van der Waals surface area contributed by atoms with Crippen molar-refractivity contribution >= 4 is 5.78 Å². The monoisotopic (exact) mass is 206 g/mol. The normalized spacial score (nSPS) is 10.0. The van der Waals surface area contributed by atoms with Crippen LogP contribution in [0.4, 0.5) is 0 Å². The molecule has 0 aliphatic rings. The van der Waals surface area contributed by atoms with Gasteiger partial charge >= 0.3 is 0 Å². The third kappa shape index (κ3) is 4.15. The fraction of sp³-hybridized carbons (Fsp3) is 0.462. The van der Waals surface area contributed by atoms with Crippen molar-refractivity contribution in [3.63, 3.8) is 0 Å². The number of carbonyl (C=O) groups excluding carboxylic acids is 1. The maximum atomic E-state index is 11.2. The highest BCUT2D eigenvalue weighted by Gasteiger charge is 2.02. The van der Waals surface area contributed by atoms with Crippen molar-refractivity contribution in [1.29, 1.82) is 0 Å². The van der Waals surface area contributed by atoms with Crippen LogP contribution in [0.5, 0.6) is 5.75 Å². The van der Waals surface area contributed by atoms with Crippen LogP contribution >= 0.6 is 0 Å². The van der Waals surface area contributed by atoms with Gasteiger partial charge in [-0.1, -0.05) is 25.1 Å². The quantitative estimate of drug-likeness (QED) is 0.714. The van der Waals surface area contributed by atoms with Crippen LogP contribution in [0.15, 0.2) is 24.3 Å². The number of carbonyl (C=O) groups is 1. The van der Waals surface area contributed by atoms with E-state index in [2.05, 4.69) is 0 Å². The van der Waals surface area contributed by atoms with E-state index in [0.29, 0.717) is 19.4 Å². The summed E-state index contributed by atoms with van der Waals surface area (Å²) in [5.74, 6) is 1.16. The van der Waals surface area contributed by atoms with Crippen molar-refractivity contribution in [2.45, 2.75) is 33.1 Å². The second kappa shape index (κ2) is 6.23. The van der Waals surface area contributed by atoms with Crippen LogP contribution in [-0.4, -0.2) is 12.4 Å². The lowest BCUT2D eigenvalue weighted by Gasteiger charge is -2.07. The topological polar surface area (TPSA) is 26.3 Å². The Bertz CT molecular complexity index is 318. The SMILES string of the molecule is CCCC(=O)CCOc1ccccc1C. The molecular weight excluding hydrogens is 188 g/mol. The smallest absolute Gasteiger partial charge is 0.136 e. The van der Waals surface area contributed by atoms with Gasteiger partial charge in [0.2, 0.25) is 0 Å². The van der Waals surface area contributed by atoms with Crippen molar-refractivity contribution < 1.29 is 9.53 Å². The first kappa shape index (κ1) is 11.8. The van der Waals surface area contributed by atoms with Gasteiger partial charge in [0.25, 0.3) is 0 Å². The molecule has 0 radical (unpaired) electrons. The van der Waals surface area contributed by atoms with Crippen molar-refractivity contribution in [3.8, 4) is 5.75 Å². The zero-order valence-corrected chi connectivity index (χ0v) is 9.45. The number of benzene rings is 1. The highest BCUT2D eigenvalue weighted by Crippen LogP contribution is 2.16. The van der Waals surface area contributed by atoms with Gasteiger partial charge in [0, 0.05) is 12.8 Å². The predicted molar refractivity (Wildman–Crippen MR) is 61.2 cm³/mol. The summed E-state index contributed by atoms with van der Waals surface area (Å²) >= 11 is 0. The highest BCUT2D eigenvalue weighted by atomic mass is 16.5. The van der Waals surface area contributed by atoms with Crippen molar-refractivity contribution in [1.82, 2.24) is 0 Å². The summed E-state index contributed by atoms with van der Waals surface area (Å²) in [7, 11) is 0. The summed E-state index contributed by atoms with van der Waals surface area (Å²) in [5, 5.41) is 0. The molecule has 0 aromatic heterocycles. The van der Waals surface area contributed by atoms with E-state index in [1.165, 1.54) is 0 Å². The molecule has 1 rings (SSSR count). The van der Waals surface area contributed by atoms with E-state index in [4.69, 9.17) is 4.74 Å². The van der Waals surface area contributed by atoms with Gasteiger partial charge in [-0.3, -0.25) is 4.79 Å². The number of ketones is 1. The molecule has 1 aromatic rings. The van der Waals surface area contributed by atoms with Gasteiger partial charge in [0.1, 0.15) is 11.5 Å². The molecule has 0 fully saturated rings. The van der Waals surface area contributed by atoms with Gasteiger partial charge in [-0.15, -0.1) is 0 Å². The molecular formula is C13H18O2. The van der Waals surface area contributed by atoms with Gasteiger partial charge < -0.3 is 4.74 Å². The maximum absolute atomic E-state index is 11.2. The molecule has 0 aliphatic heterocycles. The number of hydrogen-bond donors (Lipinski definition) is 0. The molecule has 0 aliphatic carbocycles. The first-order valence-electron chi connectivity index (χ1n) is 5.44. The van der Waals surface area contributed by atoms with Crippen LogP contribution < -0.4 is 4.74 Å². The van der Waals surface area contributed by atoms with Crippen LogP contribution in [0.2, 0.25) is 0 Å². The van der Waals surface area contributed by atoms with Crippen LogP contribution in [-0.2, 0) is 4.79 Å². The fourth-order valence-corrected chi connectivity index (χ4v) is 1.40. The van der Waals surface area contributed by atoms with Gasteiger partial charge in [-0.25, -0.2) is 0 Å². The maximum Gasteiger partial charge on any atom is 0.136 e. The number of ether oxygens (including phenoxy) is 1. The standard InChI is InChI=1S/C13H18O2/c1-3-6-12(14)9-10-15-13-8-5-4-7-11(13)2/h4-5,7-8H,3,6,9-10H2,1-2H3. The molecule has 0 spiro atoms. The number of aryl methyl sites for hydroxylation is 1. The Morgan fingerprint density at radius 2 is 2.00 bits per heavy atom. The molecule has 82 valence electrons. The number of hydrogen-bond acceptors (Lipinski definition) is 2. The first-order chi connectivity index (χ1) is 7.24. The van der Waals surface area contributed by atoms with Gasteiger partial charge in [0.15, 0.2) is 0 Å². The van der Waals surface area contributed by atoms with E-state index >= 15 is 0 Å². The molecule has 0 unspecified atom stereocenters. The molecule has 0 amide bonds. The second-order valence-corrected chi connectivity index (χ2v) is 3.65. The summed E-state index contributed by atoms with van der Waals surface area (Å²) in [6, 6.07) is 7.85. The Balaban J connectivity index is 2.32. The number of para-hydroxylation sites is 1. The van der Waals surface area contributed by atoms with E-state index < -0.39 is 0 Å². The van der Waals surface area contributed by atoms with Gasteiger partial charge in [-0.05, 0) is 25.0 Å². The van der Waals surface area contributed by atoms with E-state index in [-0.39, 0.29) is 5.78 Å². The van der Waals surface area contributed by atoms with Crippen LogP contribution in [0, 0.1) is 6.92 Å². The molecule has 0 heterocycles. The van der Waals surface area contributed by atoms with Crippen molar-refractivity contribution in [2.24, 2.45) is 0 Å².